The van der Waals surface area contributed by atoms with Crippen molar-refractivity contribution < 1.29 is 4.79 Å². The Bertz CT molecular complexity index is 1340. The lowest BCUT2D eigenvalue weighted by atomic mass is 10.1. The number of carbonyl (C=O) groups is 1. The van der Waals surface area contributed by atoms with E-state index in [1.165, 1.54) is 12.8 Å². The van der Waals surface area contributed by atoms with Crippen molar-refractivity contribution in [1.82, 2.24) is 30.6 Å². The molecule has 1 aliphatic carbocycles. The van der Waals surface area contributed by atoms with Crippen molar-refractivity contribution in [3.8, 4) is 0 Å². The van der Waals surface area contributed by atoms with Crippen LogP contribution in [0.3, 0.4) is 0 Å². The third-order valence-corrected chi connectivity index (χ3v) is 5.31. The van der Waals surface area contributed by atoms with E-state index in [9.17, 15) is 4.79 Å². The van der Waals surface area contributed by atoms with Crippen LogP contribution in [0, 0.1) is 6.92 Å². The number of amides is 1. The number of pyridine rings is 1. The van der Waals surface area contributed by atoms with Crippen LogP contribution in [0.2, 0.25) is 0 Å². The van der Waals surface area contributed by atoms with Crippen LogP contribution < -0.4 is 21.5 Å². The van der Waals surface area contributed by atoms with Crippen molar-refractivity contribution in [3.63, 3.8) is 0 Å². The summed E-state index contributed by atoms with van der Waals surface area (Å²) in [5, 5.41) is 13.9. The third kappa shape index (κ3) is 3.27. The highest BCUT2D eigenvalue weighted by molar-refractivity contribution is 6.04. The third-order valence-electron chi connectivity index (χ3n) is 5.31. The maximum Gasteiger partial charge on any atom is 0.295 e. The molecule has 4 N–H and O–H groups in total. The Morgan fingerprint density at radius 2 is 1.94 bits per heavy atom. The summed E-state index contributed by atoms with van der Waals surface area (Å²) in [5.74, 6) is 2.02. The molecule has 10 heteroatoms. The van der Waals surface area contributed by atoms with Crippen molar-refractivity contribution >= 4 is 45.9 Å². The molecule has 2 aliphatic rings. The molecule has 1 fully saturated rings. The first-order valence-corrected chi connectivity index (χ1v) is 10.0. The molecular weight excluding hydrogens is 394 g/mol. The number of hydrogen-bond acceptors (Lipinski definition) is 8. The number of H-pyrrole nitrogens is 1. The molecule has 1 saturated carbocycles. The molecule has 6 rings (SSSR count). The van der Waals surface area contributed by atoms with E-state index in [2.05, 4.69) is 46.6 Å². The van der Waals surface area contributed by atoms with E-state index in [0.717, 1.165) is 22.9 Å². The Balaban J connectivity index is 1.36. The van der Waals surface area contributed by atoms with Crippen LogP contribution in [0.4, 0.5) is 29.0 Å². The summed E-state index contributed by atoms with van der Waals surface area (Å²) < 4.78 is 0. The average molecular weight is 412 g/mol. The standard InChI is InChI=1S/C21H18N9O/c1-10-2-7-14-18(22-10)19(25-17-9-15(27-29-17)11-3-4-11)26-21(24-14)23-12-5-6-13-16(8-12)28-30-20(13)31/h2,5-9,11,28H,3-4H2,1H3,(H3,23,24,25,26,27,29). The Morgan fingerprint density at radius 3 is 2.81 bits per heavy atom. The van der Waals surface area contributed by atoms with Crippen molar-refractivity contribution in [2.45, 2.75) is 25.7 Å². The van der Waals surface area contributed by atoms with Crippen LogP contribution in [-0.2, 0) is 0 Å². The second kappa shape index (κ2) is 6.66. The number of aromatic nitrogens is 5. The second-order valence-electron chi connectivity index (χ2n) is 7.74. The highest BCUT2D eigenvalue weighted by Gasteiger charge is 2.26. The topological polar surface area (TPSA) is 135 Å². The molecule has 0 atom stereocenters. The predicted molar refractivity (Wildman–Crippen MR) is 116 cm³/mol. The van der Waals surface area contributed by atoms with Crippen LogP contribution >= 0.6 is 0 Å². The van der Waals surface area contributed by atoms with E-state index in [0.29, 0.717) is 40.0 Å². The van der Waals surface area contributed by atoms with Gasteiger partial charge in [-0.2, -0.15) is 10.1 Å². The summed E-state index contributed by atoms with van der Waals surface area (Å²) in [7, 11) is 0. The van der Waals surface area contributed by atoms with Gasteiger partial charge in [-0.1, -0.05) is 0 Å². The number of carbonyl (C=O) groups excluding carboxylic acids is 1. The summed E-state index contributed by atoms with van der Waals surface area (Å²) >= 11 is 0. The zero-order valence-electron chi connectivity index (χ0n) is 16.6. The molecular formula is C21H18N9O. The van der Waals surface area contributed by atoms with Gasteiger partial charge in [0.15, 0.2) is 5.82 Å². The molecule has 1 radical (unpaired) electrons. The molecule has 1 aromatic carbocycles. The summed E-state index contributed by atoms with van der Waals surface area (Å²) in [6.45, 7) is 1.93. The number of hydrogen-bond donors (Lipinski definition) is 4. The molecule has 4 aromatic rings. The molecule has 1 amide bonds. The molecule has 3 aromatic heterocycles. The Labute approximate surface area is 176 Å². The van der Waals surface area contributed by atoms with Crippen LogP contribution in [0.25, 0.3) is 11.0 Å². The number of anilines is 5. The van der Waals surface area contributed by atoms with Crippen LogP contribution in [-0.4, -0.2) is 31.1 Å². The van der Waals surface area contributed by atoms with Crippen molar-refractivity contribution in [2.75, 3.05) is 16.1 Å². The van der Waals surface area contributed by atoms with Crippen LogP contribution in [0.1, 0.15) is 40.5 Å². The van der Waals surface area contributed by atoms with Crippen molar-refractivity contribution in [3.05, 3.63) is 53.3 Å². The lowest BCUT2D eigenvalue weighted by Gasteiger charge is -2.11. The number of aromatic amines is 1. The minimum absolute atomic E-state index is 0.276. The zero-order chi connectivity index (χ0) is 20.9. The molecule has 1 aliphatic heterocycles. The van der Waals surface area contributed by atoms with Gasteiger partial charge in [0, 0.05) is 23.4 Å². The first kappa shape index (κ1) is 17.6. The van der Waals surface area contributed by atoms with E-state index >= 15 is 0 Å². The molecule has 0 saturated heterocycles. The van der Waals surface area contributed by atoms with E-state index in [-0.39, 0.29) is 5.91 Å². The minimum Gasteiger partial charge on any atom is -0.324 e. The normalized spacial score (nSPS) is 14.8. The van der Waals surface area contributed by atoms with Crippen molar-refractivity contribution in [1.29, 1.82) is 0 Å². The number of nitrogens with zero attached hydrogens (tertiary/aromatic N) is 5. The van der Waals surface area contributed by atoms with Gasteiger partial charge in [-0.15, -0.1) is 5.43 Å². The van der Waals surface area contributed by atoms with Gasteiger partial charge < -0.3 is 10.6 Å². The largest absolute Gasteiger partial charge is 0.324 e. The fourth-order valence-corrected chi connectivity index (χ4v) is 3.57. The smallest absolute Gasteiger partial charge is 0.295 e. The maximum atomic E-state index is 11.7. The SMILES string of the molecule is Cc1ccc2nc(Nc3ccc4c(c3)N[N]C4=O)nc(Nc3cc(C4CC4)n[nH]3)c2n1. The number of nitrogens with one attached hydrogen (secondary N) is 4. The van der Waals surface area contributed by atoms with E-state index in [1.807, 2.05) is 25.1 Å². The monoisotopic (exact) mass is 412 g/mol. The van der Waals surface area contributed by atoms with Crippen molar-refractivity contribution in [2.24, 2.45) is 0 Å². The molecule has 0 spiro atoms. The fraction of sp³-hybridized carbons (Fsp3) is 0.190. The Kier molecular flexibility index (Phi) is 3.79. The van der Waals surface area contributed by atoms with Gasteiger partial charge in [0.1, 0.15) is 11.3 Å². The van der Waals surface area contributed by atoms with Gasteiger partial charge in [0.25, 0.3) is 5.91 Å². The van der Waals surface area contributed by atoms with E-state index in [1.54, 1.807) is 18.2 Å². The predicted octanol–water partition coefficient (Wildman–Crippen LogP) is 3.51. The molecule has 0 unspecified atom stereocenters. The minimum atomic E-state index is -0.276. The second-order valence-corrected chi connectivity index (χ2v) is 7.74. The maximum absolute atomic E-state index is 11.7. The molecule has 153 valence electrons. The van der Waals surface area contributed by atoms with Gasteiger partial charge in [-0.25, -0.2) is 9.97 Å². The quantitative estimate of drug-likeness (QED) is 0.391. The molecule has 4 heterocycles. The molecule has 31 heavy (non-hydrogen) atoms. The highest BCUT2D eigenvalue weighted by Crippen LogP contribution is 2.39. The summed E-state index contributed by atoms with van der Waals surface area (Å²) in [5.41, 5.74) is 11.7. The number of fused-ring (bicyclic) bond motifs is 2. The van der Waals surface area contributed by atoms with E-state index in [4.69, 9.17) is 0 Å². The highest BCUT2D eigenvalue weighted by atomic mass is 16.2. The van der Waals surface area contributed by atoms with E-state index < -0.39 is 0 Å². The number of benzene rings is 1. The summed E-state index contributed by atoms with van der Waals surface area (Å²) in [6.07, 6.45) is 2.37. The summed E-state index contributed by atoms with van der Waals surface area (Å²) in [6, 6.07) is 11.2. The lowest BCUT2D eigenvalue weighted by molar-refractivity contribution is 0.0969. The van der Waals surface area contributed by atoms with Gasteiger partial charge >= 0.3 is 0 Å². The van der Waals surface area contributed by atoms with Gasteiger partial charge in [0.2, 0.25) is 5.95 Å². The first-order chi connectivity index (χ1) is 15.1. The average Bonchev–Trinajstić information content (AvgIpc) is 3.40. The fourth-order valence-electron chi connectivity index (χ4n) is 3.57. The Hall–Kier alpha value is -4.21. The molecule has 10 nitrogen and oxygen atoms in total. The summed E-state index contributed by atoms with van der Waals surface area (Å²) in [4.78, 5) is 25.6. The van der Waals surface area contributed by atoms with Crippen LogP contribution in [0.15, 0.2) is 36.4 Å². The number of rotatable bonds is 5. The Morgan fingerprint density at radius 1 is 1.03 bits per heavy atom. The molecule has 0 bridgehead atoms. The van der Waals surface area contributed by atoms with Gasteiger partial charge in [-0.3, -0.25) is 15.3 Å². The van der Waals surface area contributed by atoms with Gasteiger partial charge in [0.05, 0.1) is 22.5 Å². The first-order valence-electron chi connectivity index (χ1n) is 10.0. The lowest BCUT2D eigenvalue weighted by Crippen LogP contribution is -2.10. The van der Waals surface area contributed by atoms with Crippen LogP contribution in [0.5, 0.6) is 0 Å². The number of aryl methyl sites for hydroxylation is 1. The zero-order valence-corrected chi connectivity index (χ0v) is 16.6. The van der Waals surface area contributed by atoms with Gasteiger partial charge in [-0.05, 0) is 50.1 Å².